The maximum Gasteiger partial charge on any atom is 0.226 e. The molecule has 0 bridgehead atoms. The second kappa shape index (κ2) is 8.13. The second-order valence-electron chi connectivity index (χ2n) is 4.93. The van der Waals surface area contributed by atoms with Crippen LogP contribution in [0, 0.1) is 18.3 Å². The first-order valence-electron chi connectivity index (χ1n) is 7.13. The molecule has 1 aromatic heterocycles. The van der Waals surface area contributed by atoms with Gasteiger partial charge in [-0.25, -0.2) is 9.97 Å². The Balaban J connectivity index is 1.89. The Bertz CT molecular complexity index is 771. The Labute approximate surface area is 144 Å². The Morgan fingerprint density at radius 1 is 1.38 bits per heavy atom. The van der Waals surface area contributed by atoms with Gasteiger partial charge in [0.2, 0.25) is 5.91 Å². The van der Waals surface area contributed by atoms with Crippen LogP contribution in [0.25, 0.3) is 0 Å². The van der Waals surface area contributed by atoms with Gasteiger partial charge >= 0.3 is 0 Å². The molecule has 0 unspecified atom stereocenters. The molecule has 2 aromatic rings. The molecule has 1 heterocycles. The van der Waals surface area contributed by atoms with Crippen molar-refractivity contribution in [1.29, 1.82) is 5.26 Å². The molecule has 0 atom stereocenters. The van der Waals surface area contributed by atoms with Crippen LogP contribution >= 0.6 is 11.6 Å². The van der Waals surface area contributed by atoms with Crippen molar-refractivity contribution in [2.75, 3.05) is 24.3 Å². The summed E-state index contributed by atoms with van der Waals surface area (Å²) in [6, 6.07) is 5.31. The number of methoxy groups -OCH3 is 1. The molecule has 0 aliphatic heterocycles. The van der Waals surface area contributed by atoms with Crippen molar-refractivity contribution in [3.05, 3.63) is 40.8 Å². The third-order valence-electron chi connectivity index (χ3n) is 3.18. The van der Waals surface area contributed by atoms with Crippen LogP contribution in [0.1, 0.15) is 17.7 Å². The number of nitrogens with one attached hydrogen (secondary N) is 2. The summed E-state index contributed by atoms with van der Waals surface area (Å²) in [6.07, 6.45) is 3.04. The highest BCUT2D eigenvalue weighted by Gasteiger charge is 2.10. The molecule has 0 aliphatic rings. The topological polar surface area (TPSA) is 99.9 Å². The number of carbonyl (C=O) groups is 1. The standard InChI is InChI=1S/C16H16ClN5O2/c1-10-5-13(14(24-2)6-12(10)17)22-16(23)3-4-19-15-9-20-11(7-18)8-21-15/h5-6,8-9H,3-4H2,1-2H3,(H,19,21)(H,22,23). The molecule has 1 amide bonds. The summed E-state index contributed by atoms with van der Waals surface area (Å²) < 4.78 is 5.22. The highest BCUT2D eigenvalue weighted by molar-refractivity contribution is 6.31. The average Bonchev–Trinajstić information content (AvgIpc) is 2.58. The van der Waals surface area contributed by atoms with Crippen LogP contribution in [0.15, 0.2) is 24.5 Å². The molecule has 0 aliphatic carbocycles. The number of carbonyl (C=O) groups excluding carboxylic acids is 1. The smallest absolute Gasteiger partial charge is 0.226 e. The molecule has 2 rings (SSSR count). The van der Waals surface area contributed by atoms with Crippen LogP contribution in [0.5, 0.6) is 5.75 Å². The SMILES string of the molecule is COc1cc(Cl)c(C)cc1NC(=O)CCNc1cnc(C#N)cn1. The number of hydrogen-bond donors (Lipinski definition) is 2. The molecule has 0 saturated heterocycles. The summed E-state index contributed by atoms with van der Waals surface area (Å²) in [6.45, 7) is 2.23. The number of nitrogens with zero attached hydrogens (tertiary/aromatic N) is 3. The Morgan fingerprint density at radius 2 is 2.17 bits per heavy atom. The van der Waals surface area contributed by atoms with E-state index in [9.17, 15) is 4.79 Å². The monoisotopic (exact) mass is 345 g/mol. The van der Waals surface area contributed by atoms with Crippen LogP contribution < -0.4 is 15.4 Å². The van der Waals surface area contributed by atoms with Gasteiger partial charge in [-0.2, -0.15) is 5.26 Å². The fourth-order valence-corrected chi connectivity index (χ4v) is 2.08. The van der Waals surface area contributed by atoms with Crippen LogP contribution in [0.3, 0.4) is 0 Å². The van der Waals surface area contributed by atoms with Gasteiger partial charge in [-0.3, -0.25) is 4.79 Å². The maximum absolute atomic E-state index is 12.0. The fraction of sp³-hybridized carbons (Fsp3) is 0.250. The number of aromatic nitrogens is 2. The molecule has 24 heavy (non-hydrogen) atoms. The second-order valence-corrected chi connectivity index (χ2v) is 5.33. The van der Waals surface area contributed by atoms with Crippen molar-refractivity contribution in [3.8, 4) is 11.8 Å². The predicted molar refractivity (Wildman–Crippen MR) is 91.2 cm³/mol. The van der Waals surface area contributed by atoms with Crippen molar-refractivity contribution in [2.45, 2.75) is 13.3 Å². The van der Waals surface area contributed by atoms with Crippen LogP contribution in [-0.2, 0) is 4.79 Å². The van der Waals surface area contributed by atoms with E-state index < -0.39 is 0 Å². The zero-order valence-electron chi connectivity index (χ0n) is 13.3. The Morgan fingerprint density at radius 3 is 2.79 bits per heavy atom. The number of ether oxygens (including phenoxy) is 1. The average molecular weight is 346 g/mol. The molecule has 7 nitrogen and oxygen atoms in total. The number of nitriles is 1. The van der Waals surface area contributed by atoms with E-state index in [0.29, 0.717) is 28.8 Å². The molecule has 0 radical (unpaired) electrons. The van der Waals surface area contributed by atoms with E-state index >= 15 is 0 Å². The van der Waals surface area contributed by atoms with E-state index in [2.05, 4.69) is 20.6 Å². The van der Waals surface area contributed by atoms with Crippen molar-refractivity contribution in [2.24, 2.45) is 0 Å². The molecular weight excluding hydrogens is 330 g/mol. The van der Waals surface area contributed by atoms with Gasteiger partial charge in [0, 0.05) is 24.1 Å². The van der Waals surface area contributed by atoms with Crippen molar-refractivity contribution in [1.82, 2.24) is 9.97 Å². The molecule has 8 heteroatoms. The number of hydrogen-bond acceptors (Lipinski definition) is 6. The van der Waals surface area contributed by atoms with E-state index in [-0.39, 0.29) is 18.0 Å². The third-order valence-corrected chi connectivity index (χ3v) is 3.59. The highest BCUT2D eigenvalue weighted by atomic mass is 35.5. The summed E-state index contributed by atoms with van der Waals surface area (Å²) in [5, 5.41) is 15.0. The lowest BCUT2D eigenvalue weighted by Crippen LogP contribution is -2.17. The minimum absolute atomic E-state index is 0.177. The van der Waals surface area contributed by atoms with Crippen LogP contribution in [0.2, 0.25) is 5.02 Å². The van der Waals surface area contributed by atoms with Gasteiger partial charge in [0.15, 0.2) is 5.69 Å². The van der Waals surface area contributed by atoms with Gasteiger partial charge in [0.05, 0.1) is 25.2 Å². The van der Waals surface area contributed by atoms with E-state index in [4.69, 9.17) is 21.6 Å². The number of amides is 1. The summed E-state index contributed by atoms with van der Waals surface area (Å²) in [4.78, 5) is 20.0. The molecule has 124 valence electrons. The van der Waals surface area contributed by atoms with E-state index in [0.717, 1.165) is 5.56 Å². The third kappa shape index (κ3) is 4.57. The quantitative estimate of drug-likeness (QED) is 0.835. The molecule has 0 saturated carbocycles. The van der Waals surface area contributed by atoms with Crippen LogP contribution in [0.4, 0.5) is 11.5 Å². The van der Waals surface area contributed by atoms with Crippen LogP contribution in [-0.4, -0.2) is 29.5 Å². The number of aryl methyl sites for hydroxylation is 1. The number of benzene rings is 1. The lowest BCUT2D eigenvalue weighted by molar-refractivity contribution is -0.116. The molecule has 1 aromatic carbocycles. The van der Waals surface area contributed by atoms with E-state index in [1.807, 2.05) is 13.0 Å². The Hall–Kier alpha value is -2.85. The zero-order valence-corrected chi connectivity index (χ0v) is 14.0. The number of rotatable bonds is 6. The minimum Gasteiger partial charge on any atom is -0.495 e. The van der Waals surface area contributed by atoms with Gasteiger partial charge in [-0.05, 0) is 18.6 Å². The fourth-order valence-electron chi connectivity index (χ4n) is 1.92. The molecule has 0 fully saturated rings. The minimum atomic E-state index is -0.177. The largest absolute Gasteiger partial charge is 0.495 e. The number of anilines is 2. The summed E-state index contributed by atoms with van der Waals surface area (Å²) in [5.41, 5.74) is 1.66. The first-order valence-corrected chi connectivity index (χ1v) is 7.51. The van der Waals surface area contributed by atoms with Gasteiger partial charge in [-0.1, -0.05) is 11.6 Å². The normalized spacial score (nSPS) is 9.92. The van der Waals surface area contributed by atoms with Crippen molar-refractivity contribution >= 4 is 29.0 Å². The van der Waals surface area contributed by atoms with Gasteiger partial charge in [0.25, 0.3) is 0 Å². The summed E-state index contributed by atoms with van der Waals surface area (Å²) in [5.74, 6) is 0.829. The molecule has 0 spiro atoms. The van der Waals surface area contributed by atoms with Crippen molar-refractivity contribution < 1.29 is 9.53 Å². The van der Waals surface area contributed by atoms with E-state index in [1.54, 1.807) is 12.1 Å². The molecule has 2 N–H and O–H groups in total. The van der Waals surface area contributed by atoms with Gasteiger partial charge in [-0.15, -0.1) is 0 Å². The first-order chi connectivity index (χ1) is 11.5. The van der Waals surface area contributed by atoms with Gasteiger partial charge < -0.3 is 15.4 Å². The highest BCUT2D eigenvalue weighted by Crippen LogP contribution is 2.30. The maximum atomic E-state index is 12.0. The lowest BCUT2D eigenvalue weighted by Gasteiger charge is -2.12. The molecular formula is C16H16ClN5O2. The predicted octanol–water partition coefficient (Wildman–Crippen LogP) is 2.76. The van der Waals surface area contributed by atoms with E-state index in [1.165, 1.54) is 19.5 Å². The Kier molecular flexibility index (Phi) is 5.93. The van der Waals surface area contributed by atoms with Gasteiger partial charge in [0.1, 0.15) is 17.6 Å². The summed E-state index contributed by atoms with van der Waals surface area (Å²) >= 11 is 6.04. The van der Waals surface area contributed by atoms with Crippen molar-refractivity contribution in [3.63, 3.8) is 0 Å². The lowest BCUT2D eigenvalue weighted by atomic mass is 10.2. The number of halogens is 1. The zero-order chi connectivity index (χ0) is 17.5. The first kappa shape index (κ1) is 17.5. The summed E-state index contributed by atoms with van der Waals surface area (Å²) in [7, 11) is 1.52.